The normalized spacial score (nSPS) is 12.3. The van der Waals surface area contributed by atoms with Gasteiger partial charge in [0.05, 0.1) is 0 Å². The summed E-state index contributed by atoms with van der Waals surface area (Å²) in [6, 6.07) is 62.3. The van der Waals surface area contributed by atoms with Gasteiger partial charge in [0, 0.05) is 189 Å². The van der Waals surface area contributed by atoms with Crippen molar-refractivity contribution in [3.8, 4) is 28.7 Å². The molecule has 0 spiro atoms. The van der Waals surface area contributed by atoms with E-state index in [9.17, 15) is 0 Å². The average molecular weight is 2090 g/mol. The van der Waals surface area contributed by atoms with E-state index in [0.29, 0.717) is 103 Å². The molecule has 806 valence electrons. The van der Waals surface area contributed by atoms with Crippen molar-refractivity contribution in [2.45, 2.75) is 373 Å². The maximum atomic E-state index is 6.29. The Morgan fingerprint density at radius 3 is 0.719 bits per heavy atom. The average Bonchev–Trinajstić information content (AvgIpc) is 0.767. The highest BCUT2D eigenvalue weighted by Gasteiger charge is 2.33. The van der Waals surface area contributed by atoms with Gasteiger partial charge in [0.15, 0.2) is 34.0 Å². The number of ether oxygens (including phenoxy) is 10. The summed E-state index contributed by atoms with van der Waals surface area (Å²) in [5.74, 6) is 4.77. The van der Waals surface area contributed by atoms with Gasteiger partial charge in [0.2, 0.25) is 0 Å². The Morgan fingerprint density at radius 1 is 0.219 bits per heavy atom. The van der Waals surface area contributed by atoms with Gasteiger partial charge in [-0.2, -0.15) is 0 Å². The molecule has 0 N–H and O–H groups in total. The molecule has 0 aromatic heterocycles. The summed E-state index contributed by atoms with van der Waals surface area (Å²) < 4.78 is 56.4. The molecule has 5 unspecified atom stereocenters. The highest BCUT2D eigenvalue weighted by Crippen LogP contribution is 2.43. The molecule has 5 atom stereocenters. The van der Waals surface area contributed by atoms with Crippen LogP contribution >= 0.6 is 42.9 Å². The fourth-order valence-electron chi connectivity index (χ4n) is 19.2. The first-order valence-electron chi connectivity index (χ1n) is 52.8. The van der Waals surface area contributed by atoms with E-state index in [0.717, 1.165) is 34.3 Å². The Balaban J connectivity index is 0.000000279. The molecule has 0 aliphatic rings. The van der Waals surface area contributed by atoms with Crippen LogP contribution in [0.15, 0.2) is 158 Å². The van der Waals surface area contributed by atoms with E-state index in [1.807, 2.05) is 0 Å². The first kappa shape index (κ1) is 127. The topological polar surface area (TPSA) is 109 Å². The van der Waals surface area contributed by atoms with Gasteiger partial charge in [-0.05, 0) is 357 Å². The SMILES string of the molecule is COCOc1c(C)cc(C(C)(C)C)cc1Pc1c(C)cccc1N(C(C)C)C(C)C.COCOc1c(C)cc(C)cc1Pc1c(C)cccc1N(C(C)C)C(C)C.COCOc1c(Pc2c(C)cccc2N(C(C)C)C(C)C)cc(C(C)(C)C)cc1C(C)(C)C.COCOc1c(Pc2c(C)cccc2N(C(C)C)C(C)C)cc(C)cc1C(C)(C)C.COCOc1ccc(C)cc1Pc1c(C)cccc1N(C(C)C)C(C)C. The van der Waals surface area contributed by atoms with Crippen LogP contribution in [-0.2, 0) is 45.3 Å². The summed E-state index contributed by atoms with van der Waals surface area (Å²) >= 11 is 0. The van der Waals surface area contributed by atoms with Crippen molar-refractivity contribution in [2.24, 2.45) is 0 Å². The number of hydrogen-bond acceptors (Lipinski definition) is 15. The number of benzene rings is 10. The molecule has 10 aromatic carbocycles. The third kappa shape index (κ3) is 35.9. The molecule has 20 heteroatoms. The van der Waals surface area contributed by atoms with Gasteiger partial charge >= 0.3 is 0 Å². The number of anilines is 5. The number of rotatable bonds is 40. The van der Waals surface area contributed by atoms with Crippen LogP contribution in [0.2, 0.25) is 0 Å². The zero-order chi connectivity index (χ0) is 110. The molecule has 10 rings (SSSR count). The zero-order valence-electron chi connectivity index (χ0n) is 99.1. The molecule has 0 fully saturated rings. The molecular formula is C126H192N5O10P5. The van der Waals surface area contributed by atoms with Crippen molar-refractivity contribution in [1.29, 1.82) is 0 Å². The maximum Gasteiger partial charge on any atom is 0.188 e. The lowest BCUT2D eigenvalue weighted by Gasteiger charge is -2.35. The van der Waals surface area contributed by atoms with Crippen molar-refractivity contribution >= 4 is 124 Å². The summed E-state index contributed by atoms with van der Waals surface area (Å²) in [6.45, 7) is 95.7. The summed E-state index contributed by atoms with van der Waals surface area (Å²) in [5.41, 5.74) is 24.6. The van der Waals surface area contributed by atoms with E-state index < -0.39 is 0 Å². The molecule has 15 nitrogen and oxygen atoms in total. The second-order valence-corrected chi connectivity index (χ2v) is 52.4. The van der Waals surface area contributed by atoms with Crippen LogP contribution in [0.5, 0.6) is 28.7 Å². The van der Waals surface area contributed by atoms with Gasteiger partial charge in [-0.3, -0.25) is 0 Å². The standard InChI is InChI=1S/C29H46NO2P.2C26H40NO2P.C23H34NO2P.C22H32NO2P/c1-19(2)30(20(3)4)24-15-13-14-21(5)27(24)33-25-17-22(28(6,7)8)16-23(29(9,10)11)26(25)32-18-31-12;1-17(2)27(18(3)4)22-13-11-12-20(6)25(22)30-23-15-19(5)14-21(26(7,8)9)24(23)29-16-28-10;1-17(2)27(18(3)4)22-13-11-12-19(5)25(22)30-23-15-21(26(7,8)9)14-20(6)24(23)29-16-28-10;1-15(2)24(16(3)4)20-11-9-10-18(6)23(20)27-21-13-17(5)12-19(7)22(21)26-14-25-8;1-15(2)23(16(3)4)19-10-8-9-18(6)22(19)26-21-13-17(5)11-12-20(21)25-14-24-7/h13-17,19-20,33H,18H2,1-12H3;2*11-15,17-18,30H,16H2,1-10H3;9-13,15-16,27H,14H2,1-8H3;8-13,15-16,26H,14H2,1-7H3. The summed E-state index contributed by atoms with van der Waals surface area (Å²) in [7, 11) is 10.9. The summed E-state index contributed by atoms with van der Waals surface area (Å²) in [4.78, 5) is 12.6. The minimum absolute atomic E-state index is 0.00914. The fraction of sp³-hybridized carbons (Fsp3) is 0.524. The Hall–Kier alpha value is -7.85. The van der Waals surface area contributed by atoms with Gasteiger partial charge in [-0.15, -0.1) is 0 Å². The monoisotopic (exact) mass is 2090 g/mol. The molecule has 0 bridgehead atoms. The van der Waals surface area contributed by atoms with E-state index in [4.69, 9.17) is 47.4 Å². The molecule has 0 saturated heterocycles. The van der Waals surface area contributed by atoms with Crippen molar-refractivity contribution in [3.63, 3.8) is 0 Å². The van der Waals surface area contributed by atoms with Crippen LogP contribution in [0.25, 0.3) is 0 Å². The largest absolute Gasteiger partial charge is 0.467 e. The van der Waals surface area contributed by atoms with E-state index in [-0.39, 0.29) is 55.6 Å². The molecule has 146 heavy (non-hydrogen) atoms. The minimum atomic E-state index is -0.0416. The van der Waals surface area contributed by atoms with Crippen molar-refractivity contribution < 1.29 is 47.4 Å². The van der Waals surface area contributed by atoms with Crippen LogP contribution < -0.4 is 101 Å². The van der Waals surface area contributed by atoms with Crippen molar-refractivity contribution in [3.05, 3.63) is 236 Å². The quantitative estimate of drug-likeness (QED) is 0.0268. The highest BCUT2D eigenvalue weighted by atomic mass is 31.1. The van der Waals surface area contributed by atoms with Gasteiger partial charge in [-0.1, -0.05) is 223 Å². The molecule has 0 amide bonds. The number of hydrogen-bond donors (Lipinski definition) is 0. The first-order valence-corrected chi connectivity index (χ1v) is 57.8. The third-order valence-corrected chi connectivity index (χ3v) is 33.3. The van der Waals surface area contributed by atoms with E-state index in [1.165, 1.54) is 154 Å². The predicted octanol–water partition coefficient (Wildman–Crippen LogP) is 27.9. The van der Waals surface area contributed by atoms with Gasteiger partial charge in [0.1, 0.15) is 28.7 Å². The van der Waals surface area contributed by atoms with Gasteiger partial charge < -0.3 is 71.9 Å². The predicted molar refractivity (Wildman–Crippen MR) is 651 cm³/mol. The maximum absolute atomic E-state index is 6.29. The Labute approximate surface area is 897 Å². The van der Waals surface area contributed by atoms with Crippen LogP contribution in [0, 0.1) is 69.2 Å². The second-order valence-electron chi connectivity index (χ2n) is 45.9. The minimum Gasteiger partial charge on any atom is -0.467 e. The van der Waals surface area contributed by atoms with E-state index in [1.54, 1.807) is 35.5 Å². The van der Waals surface area contributed by atoms with Crippen LogP contribution in [0.1, 0.15) is 299 Å². The molecule has 0 radical (unpaired) electrons. The fourth-order valence-corrected chi connectivity index (χ4v) is 26.7. The second kappa shape index (κ2) is 58.1. The molecular weight excluding hydrogens is 1900 g/mol. The van der Waals surface area contributed by atoms with Gasteiger partial charge in [0.25, 0.3) is 0 Å². The lowest BCUT2D eigenvalue weighted by molar-refractivity contribution is 0.0504. The first-order chi connectivity index (χ1) is 68.2. The molecule has 0 heterocycles. The van der Waals surface area contributed by atoms with E-state index >= 15 is 0 Å². The number of nitrogens with zero attached hydrogens (tertiary/aromatic N) is 5. The molecule has 0 aliphatic carbocycles. The zero-order valence-corrected chi connectivity index (χ0v) is 104. The Bertz CT molecular complexity index is 5650. The Morgan fingerprint density at radius 2 is 0.445 bits per heavy atom. The van der Waals surface area contributed by atoms with E-state index in [2.05, 4.69) is 473 Å². The van der Waals surface area contributed by atoms with Crippen LogP contribution in [0.4, 0.5) is 28.4 Å². The molecule has 10 aromatic rings. The molecule has 0 saturated carbocycles. The number of methoxy groups -OCH3 is 5. The van der Waals surface area contributed by atoms with Crippen molar-refractivity contribution in [2.75, 3.05) is 94.0 Å². The van der Waals surface area contributed by atoms with Crippen LogP contribution in [0.3, 0.4) is 0 Å². The lowest BCUT2D eigenvalue weighted by Crippen LogP contribution is -2.39. The Kier molecular flexibility index (Phi) is 50.5. The van der Waals surface area contributed by atoms with Gasteiger partial charge in [-0.25, -0.2) is 0 Å². The smallest absolute Gasteiger partial charge is 0.188 e. The van der Waals surface area contributed by atoms with Crippen LogP contribution in [-0.4, -0.2) is 130 Å². The lowest BCUT2D eigenvalue weighted by atomic mass is 9.80. The van der Waals surface area contributed by atoms with Crippen molar-refractivity contribution in [1.82, 2.24) is 0 Å². The molecule has 0 aliphatic heterocycles. The number of aryl methyl sites for hydroxylation is 10. The highest BCUT2D eigenvalue weighted by molar-refractivity contribution is 7.57. The third-order valence-electron chi connectivity index (χ3n) is 25.6. The summed E-state index contributed by atoms with van der Waals surface area (Å²) in [6.07, 6.45) is 0. The summed E-state index contributed by atoms with van der Waals surface area (Å²) in [5, 5.41) is 13.2.